The Hall–Kier alpha value is -5.03. The van der Waals surface area contributed by atoms with Gasteiger partial charge in [0.05, 0.1) is 23.2 Å². The first-order valence-corrected chi connectivity index (χ1v) is 14.7. The van der Waals surface area contributed by atoms with Crippen LogP contribution < -0.4 is 9.62 Å². The van der Waals surface area contributed by atoms with Gasteiger partial charge in [-0.2, -0.15) is 0 Å². The van der Waals surface area contributed by atoms with E-state index in [2.05, 4.69) is 15.3 Å². The molecule has 3 aromatic carbocycles. The molecule has 212 valence electrons. The van der Waals surface area contributed by atoms with Crippen molar-refractivity contribution >= 4 is 43.5 Å². The summed E-state index contributed by atoms with van der Waals surface area (Å²) in [6.07, 6.45) is 2.64. The number of carbonyl (C=O) groups is 1. The summed E-state index contributed by atoms with van der Waals surface area (Å²) in [6, 6.07) is 18.7. The molecule has 6 aromatic rings. The fourth-order valence-electron chi connectivity index (χ4n) is 4.95. The van der Waals surface area contributed by atoms with Crippen LogP contribution in [0.15, 0.2) is 83.4 Å². The molecule has 0 bridgehead atoms. The minimum absolute atomic E-state index is 0.205. The number of amides is 1. The zero-order valence-corrected chi connectivity index (χ0v) is 23.5. The number of sulfonamides is 1. The van der Waals surface area contributed by atoms with Crippen LogP contribution >= 0.6 is 0 Å². The second-order valence-electron chi connectivity index (χ2n) is 9.80. The molecule has 0 atom stereocenters. The van der Waals surface area contributed by atoms with Gasteiger partial charge < -0.3 is 14.7 Å². The summed E-state index contributed by atoms with van der Waals surface area (Å²) in [5.41, 5.74) is 3.98. The number of pyridine rings is 1. The van der Waals surface area contributed by atoms with Crippen LogP contribution in [0.3, 0.4) is 0 Å². The molecule has 42 heavy (non-hydrogen) atoms. The molecular formula is C31H24F2N4O4S. The largest absolute Gasteiger partial charge is 0.455 e. The number of carbonyl (C=O) groups excluding carboxylic acids is 1. The van der Waals surface area contributed by atoms with Gasteiger partial charge in [0.15, 0.2) is 0 Å². The van der Waals surface area contributed by atoms with E-state index >= 15 is 0 Å². The third kappa shape index (κ3) is 4.67. The highest BCUT2D eigenvalue weighted by Crippen LogP contribution is 2.41. The van der Waals surface area contributed by atoms with Gasteiger partial charge in [0, 0.05) is 65.0 Å². The molecule has 3 heterocycles. The number of anilines is 1. The number of rotatable bonds is 6. The van der Waals surface area contributed by atoms with Crippen LogP contribution in [0.4, 0.5) is 14.5 Å². The zero-order valence-electron chi connectivity index (χ0n) is 22.7. The first kappa shape index (κ1) is 27.2. The van der Waals surface area contributed by atoms with Gasteiger partial charge in [-0.05, 0) is 60.7 Å². The first-order valence-electron chi connectivity index (χ1n) is 12.8. The molecule has 6 rings (SSSR count). The maximum Gasteiger partial charge on any atom is 0.255 e. The number of nitrogens with zero attached hydrogens (tertiary/aromatic N) is 2. The van der Waals surface area contributed by atoms with Crippen molar-refractivity contribution < 1.29 is 26.4 Å². The Labute approximate surface area is 239 Å². The normalized spacial score (nSPS) is 11.7. The van der Waals surface area contributed by atoms with E-state index in [0.717, 1.165) is 10.6 Å². The van der Waals surface area contributed by atoms with E-state index in [-0.39, 0.29) is 28.4 Å². The quantitative estimate of drug-likeness (QED) is 0.237. The number of aromatic amines is 1. The molecule has 3 aromatic heterocycles. The average molecular weight is 587 g/mol. The lowest BCUT2D eigenvalue weighted by molar-refractivity contribution is 0.0964. The van der Waals surface area contributed by atoms with Crippen LogP contribution in [0.5, 0.6) is 0 Å². The Morgan fingerprint density at radius 3 is 2.43 bits per heavy atom. The van der Waals surface area contributed by atoms with Crippen molar-refractivity contribution in [2.45, 2.75) is 0 Å². The van der Waals surface area contributed by atoms with Crippen LogP contribution in [-0.4, -0.2) is 44.6 Å². The molecule has 0 unspecified atom stereocenters. The molecule has 1 amide bonds. The van der Waals surface area contributed by atoms with Crippen LogP contribution in [0.1, 0.15) is 10.4 Å². The number of hydrogen-bond acceptors (Lipinski definition) is 5. The highest BCUT2D eigenvalue weighted by molar-refractivity contribution is 7.92. The van der Waals surface area contributed by atoms with E-state index in [0.29, 0.717) is 44.4 Å². The monoisotopic (exact) mass is 586 g/mol. The second kappa shape index (κ2) is 10.1. The van der Waals surface area contributed by atoms with Crippen molar-refractivity contribution in [2.75, 3.05) is 24.7 Å². The van der Waals surface area contributed by atoms with Crippen molar-refractivity contribution in [3.8, 4) is 33.8 Å². The number of halogens is 2. The minimum Gasteiger partial charge on any atom is -0.455 e. The van der Waals surface area contributed by atoms with Gasteiger partial charge in [-0.1, -0.05) is 6.07 Å². The Balaban J connectivity index is 1.60. The number of H-pyrrole nitrogens is 1. The zero-order chi connectivity index (χ0) is 29.8. The Kier molecular flexibility index (Phi) is 6.53. The number of nitrogens with one attached hydrogen (secondary N) is 2. The molecule has 2 N–H and O–H groups in total. The number of fused-ring (bicyclic) bond motifs is 2. The number of hydrogen-bond donors (Lipinski definition) is 2. The lowest BCUT2D eigenvalue weighted by atomic mass is 10.00. The van der Waals surface area contributed by atoms with E-state index in [1.807, 2.05) is 0 Å². The standard InChI is InChI=1S/C31H24F2N4O4S/c1-34-31(38)29-22-14-21(26-13-18(11-12-35-26)25-15-20-23(33)5-4-6-24(20)36-25)27(37(2)42(3,39)40)16-28(22)41-30(29)17-7-9-19(32)10-8-17/h4-16,36H,1-3H3,(H,34,38). The highest BCUT2D eigenvalue weighted by atomic mass is 32.2. The summed E-state index contributed by atoms with van der Waals surface area (Å²) in [7, 11) is -0.832. The molecule has 0 spiro atoms. The SMILES string of the molecule is CNC(=O)c1c(-c2ccc(F)cc2)oc2cc(N(C)S(C)(=O)=O)c(-c3cc(-c4cc5c(F)cccc5[nH]4)ccn3)cc12. The Bertz CT molecular complexity index is 2120. The van der Waals surface area contributed by atoms with Crippen molar-refractivity contribution in [1.82, 2.24) is 15.3 Å². The molecule has 0 aliphatic rings. The fraction of sp³-hybridized carbons (Fsp3) is 0.0968. The molecule has 8 nitrogen and oxygen atoms in total. The van der Waals surface area contributed by atoms with Gasteiger partial charge >= 0.3 is 0 Å². The third-order valence-corrected chi connectivity index (χ3v) is 8.35. The van der Waals surface area contributed by atoms with Crippen molar-refractivity contribution in [1.29, 1.82) is 0 Å². The average Bonchev–Trinajstić information content (AvgIpc) is 3.58. The smallest absolute Gasteiger partial charge is 0.255 e. The maximum atomic E-state index is 14.4. The first-order chi connectivity index (χ1) is 20.0. The lowest BCUT2D eigenvalue weighted by Crippen LogP contribution is -2.25. The van der Waals surface area contributed by atoms with E-state index in [1.54, 1.807) is 42.6 Å². The van der Waals surface area contributed by atoms with Crippen LogP contribution in [-0.2, 0) is 10.0 Å². The summed E-state index contributed by atoms with van der Waals surface area (Å²) < 4.78 is 60.6. The van der Waals surface area contributed by atoms with Gasteiger partial charge in [-0.25, -0.2) is 17.2 Å². The summed E-state index contributed by atoms with van der Waals surface area (Å²) in [6.45, 7) is 0. The third-order valence-electron chi connectivity index (χ3n) is 7.16. The summed E-state index contributed by atoms with van der Waals surface area (Å²) in [4.78, 5) is 20.9. The molecule has 0 saturated heterocycles. The molecule has 0 saturated carbocycles. The van der Waals surface area contributed by atoms with E-state index in [9.17, 15) is 22.0 Å². The van der Waals surface area contributed by atoms with E-state index in [4.69, 9.17) is 4.42 Å². The predicted octanol–water partition coefficient (Wildman–Crippen LogP) is 6.34. The van der Waals surface area contributed by atoms with Crippen LogP contribution in [0, 0.1) is 11.6 Å². The molecule has 11 heteroatoms. The van der Waals surface area contributed by atoms with Crippen LogP contribution in [0.2, 0.25) is 0 Å². The van der Waals surface area contributed by atoms with Gasteiger partial charge in [0.1, 0.15) is 23.0 Å². The summed E-state index contributed by atoms with van der Waals surface area (Å²) >= 11 is 0. The molecule has 0 aliphatic carbocycles. The van der Waals surface area contributed by atoms with E-state index < -0.39 is 21.7 Å². The second-order valence-corrected chi connectivity index (χ2v) is 11.8. The van der Waals surface area contributed by atoms with E-state index in [1.165, 1.54) is 50.5 Å². The topological polar surface area (TPSA) is 108 Å². The number of benzene rings is 3. The Morgan fingerprint density at radius 2 is 1.74 bits per heavy atom. The summed E-state index contributed by atoms with van der Waals surface area (Å²) in [5.74, 6) is -1.04. The van der Waals surface area contributed by atoms with Crippen molar-refractivity contribution in [3.05, 3.63) is 96.2 Å². The van der Waals surface area contributed by atoms with Crippen LogP contribution in [0.25, 0.3) is 55.7 Å². The molecule has 0 fully saturated rings. The molecular weight excluding hydrogens is 562 g/mol. The lowest BCUT2D eigenvalue weighted by Gasteiger charge is -2.20. The maximum absolute atomic E-state index is 14.4. The number of furan rings is 1. The van der Waals surface area contributed by atoms with Crippen molar-refractivity contribution in [2.24, 2.45) is 0 Å². The molecule has 0 aliphatic heterocycles. The molecule has 0 radical (unpaired) electrons. The Morgan fingerprint density at radius 1 is 0.976 bits per heavy atom. The van der Waals surface area contributed by atoms with Crippen molar-refractivity contribution in [3.63, 3.8) is 0 Å². The number of aromatic nitrogens is 2. The van der Waals surface area contributed by atoms with Gasteiger partial charge in [0.2, 0.25) is 10.0 Å². The van der Waals surface area contributed by atoms with Gasteiger partial charge in [0.25, 0.3) is 5.91 Å². The highest BCUT2D eigenvalue weighted by Gasteiger charge is 2.26. The predicted molar refractivity (Wildman–Crippen MR) is 159 cm³/mol. The summed E-state index contributed by atoms with van der Waals surface area (Å²) in [5, 5.41) is 3.47. The fourth-order valence-corrected chi connectivity index (χ4v) is 5.46. The minimum atomic E-state index is -3.73. The van der Waals surface area contributed by atoms with Gasteiger partial charge in [-0.15, -0.1) is 0 Å². The van der Waals surface area contributed by atoms with Gasteiger partial charge in [-0.3, -0.25) is 14.1 Å².